The molecule has 1 heterocycles. The molecule has 0 saturated heterocycles. The van der Waals surface area contributed by atoms with Gasteiger partial charge in [0.1, 0.15) is 0 Å². The zero-order valence-electron chi connectivity index (χ0n) is 9.20. The van der Waals surface area contributed by atoms with Crippen LogP contribution in [0.4, 0.5) is 4.39 Å². The standard InChI is InChI=1S/C11H8BrFN2O3/c1-5-4-6(12)2-3-7(5)15-10(17)8(13)9(16)14-11(15)18/h2-4,17H,1H3,(H,14,16,18). The van der Waals surface area contributed by atoms with Crippen LogP contribution >= 0.6 is 15.9 Å². The molecule has 0 aliphatic rings. The molecule has 0 radical (unpaired) electrons. The summed E-state index contributed by atoms with van der Waals surface area (Å²) in [5, 5.41) is 9.56. The second-order valence-corrected chi connectivity index (χ2v) is 4.58. The number of rotatable bonds is 1. The van der Waals surface area contributed by atoms with Crippen LogP contribution in [-0.4, -0.2) is 14.7 Å². The minimum Gasteiger partial charge on any atom is -0.492 e. The number of aromatic amines is 1. The maximum absolute atomic E-state index is 13.3. The predicted octanol–water partition coefficient (Wildman–Crippen LogP) is 1.44. The Morgan fingerprint density at radius 3 is 2.67 bits per heavy atom. The molecule has 0 amide bonds. The molecule has 5 nitrogen and oxygen atoms in total. The summed E-state index contributed by atoms with van der Waals surface area (Å²) in [5.41, 5.74) is -1.23. The lowest BCUT2D eigenvalue weighted by molar-refractivity contribution is 0.386. The van der Waals surface area contributed by atoms with E-state index in [0.717, 1.165) is 4.47 Å². The number of nitrogens with one attached hydrogen (secondary N) is 1. The van der Waals surface area contributed by atoms with Gasteiger partial charge >= 0.3 is 5.69 Å². The third-order valence-electron chi connectivity index (χ3n) is 2.43. The van der Waals surface area contributed by atoms with Crippen molar-refractivity contribution in [2.24, 2.45) is 0 Å². The fourth-order valence-corrected chi connectivity index (χ4v) is 2.07. The molecular weight excluding hydrogens is 307 g/mol. The van der Waals surface area contributed by atoms with Crippen molar-refractivity contribution in [2.45, 2.75) is 6.92 Å². The quantitative estimate of drug-likeness (QED) is 0.836. The Kier molecular flexibility index (Phi) is 3.08. The van der Waals surface area contributed by atoms with E-state index in [0.29, 0.717) is 10.1 Å². The third kappa shape index (κ3) is 1.97. The van der Waals surface area contributed by atoms with Crippen molar-refractivity contribution in [3.8, 4) is 11.6 Å². The summed E-state index contributed by atoms with van der Waals surface area (Å²) in [7, 11) is 0. The predicted molar refractivity (Wildman–Crippen MR) is 66.7 cm³/mol. The number of aromatic hydroxyl groups is 1. The highest BCUT2D eigenvalue weighted by Crippen LogP contribution is 2.21. The fraction of sp³-hybridized carbons (Fsp3) is 0.0909. The Labute approximate surface area is 109 Å². The van der Waals surface area contributed by atoms with Gasteiger partial charge in [0.2, 0.25) is 11.7 Å². The third-order valence-corrected chi connectivity index (χ3v) is 2.92. The number of nitrogens with zero attached hydrogens (tertiary/aromatic N) is 1. The average molecular weight is 315 g/mol. The molecule has 18 heavy (non-hydrogen) atoms. The van der Waals surface area contributed by atoms with Crippen molar-refractivity contribution in [1.82, 2.24) is 9.55 Å². The van der Waals surface area contributed by atoms with Crippen molar-refractivity contribution in [2.75, 3.05) is 0 Å². The van der Waals surface area contributed by atoms with E-state index in [-0.39, 0.29) is 5.69 Å². The van der Waals surface area contributed by atoms with Crippen LogP contribution < -0.4 is 11.2 Å². The van der Waals surface area contributed by atoms with Crippen molar-refractivity contribution >= 4 is 15.9 Å². The first-order valence-corrected chi connectivity index (χ1v) is 5.71. The molecule has 0 fully saturated rings. The minimum atomic E-state index is -1.39. The second kappa shape index (κ2) is 4.41. The average Bonchev–Trinajstić information content (AvgIpc) is 2.29. The Bertz CT molecular complexity index is 736. The number of hydrogen-bond acceptors (Lipinski definition) is 3. The number of aryl methyl sites for hydroxylation is 1. The van der Waals surface area contributed by atoms with Crippen molar-refractivity contribution in [1.29, 1.82) is 0 Å². The van der Waals surface area contributed by atoms with Gasteiger partial charge in [0.05, 0.1) is 5.69 Å². The number of benzene rings is 1. The lowest BCUT2D eigenvalue weighted by Crippen LogP contribution is -2.31. The monoisotopic (exact) mass is 314 g/mol. The number of halogens is 2. The summed E-state index contributed by atoms with van der Waals surface area (Å²) in [4.78, 5) is 24.4. The van der Waals surface area contributed by atoms with Crippen molar-refractivity contribution in [3.63, 3.8) is 0 Å². The Hall–Kier alpha value is -1.89. The normalized spacial score (nSPS) is 10.6. The molecule has 94 valence electrons. The molecule has 0 saturated carbocycles. The van der Waals surface area contributed by atoms with Crippen LogP contribution in [0.1, 0.15) is 5.56 Å². The van der Waals surface area contributed by atoms with Gasteiger partial charge in [-0.05, 0) is 30.7 Å². The van der Waals surface area contributed by atoms with Crippen LogP contribution in [0.3, 0.4) is 0 Å². The molecule has 1 aromatic carbocycles. The van der Waals surface area contributed by atoms with Crippen LogP contribution in [0.2, 0.25) is 0 Å². The summed E-state index contributed by atoms with van der Waals surface area (Å²) in [6, 6.07) is 4.86. The molecule has 0 bridgehead atoms. The van der Waals surface area contributed by atoms with E-state index >= 15 is 0 Å². The van der Waals surface area contributed by atoms with Gasteiger partial charge in [-0.3, -0.25) is 9.78 Å². The van der Waals surface area contributed by atoms with E-state index in [1.807, 2.05) is 0 Å². The van der Waals surface area contributed by atoms with Gasteiger partial charge in [0.25, 0.3) is 5.56 Å². The number of hydrogen-bond donors (Lipinski definition) is 2. The maximum Gasteiger partial charge on any atom is 0.335 e. The lowest BCUT2D eigenvalue weighted by atomic mass is 10.2. The summed E-state index contributed by atoms with van der Waals surface area (Å²) < 4.78 is 14.8. The van der Waals surface area contributed by atoms with E-state index in [1.54, 1.807) is 24.0 Å². The topological polar surface area (TPSA) is 75.1 Å². The van der Waals surface area contributed by atoms with Crippen LogP contribution in [0.5, 0.6) is 5.88 Å². The summed E-state index contributed by atoms with van der Waals surface area (Å²) in [6.45, 7) is 1.69. The minimum absolute atomic E-state index is 0.288. The molecule has 0 spiro atoms. The highest BCUT2D eigenvalue weighted by atomic mass is 79.9. The molecular formula is C11H8BrFN2O3. The molecule has 0 aliphatic heterocycles. The maximum atomic E-state index is 13.3. The largest absolute Gasteiger partial charge is 0.492 e. The van der Waals surface area contributed by atoms with Gasteiger partial charge < -0.3 is 5.11 Å². The van der Waals surface area contributed by atoms with Crippen LogP contribution in [-0.2, 0) is 0 Å². The van der Waals surface area contributed by atoms with Crippen molar-refractivity contribution in [3.05, 3.63) is 54.9 Å². The Morgan fingerprint density at radius 1 is 1.39 bits per heavy atom. The molecule has 0 unspecified atom stereocenters. The zero-order chi connectivity index (χ0) is 13.4. The van der Waals surface area contributed by atoms with E-state index < -0.39 is 22.9 Å². The first kappa shape index (κ1) is 12.6. The van der Waals surface area contributed by atoms with Gasteiger partial charge in [-0.2, -0.15) is 4.39 Å². The molecule has 2 N–H and O–H groups in total. The molecule has 0 atom stereocenters. The summed E-state index contributed by atoms with van der Waals surface area (Å²) in [6.07, 6.45) is 0. The van der Waals surface area contributed by atoms with Crippen LogP contribution in [0, 0.1) is 12.7 Å². The SMILES string of the molecule is Cc1cc(Br)ccc1-n1c(O)c(F)c(=O)[nH]c1=O. The van der Waals surface area contributed by atoms with Gasteiger partial charge in [0.15, 0.2) is 0 Å². The first-order chi connectivity index (χ1) is 8.41. The number of aromatic nitrogens is 2. The summed E-state index contributed by atoms with van der Waals surface area (Å²) >= 11 is 3.25. The van der Waals surface area contributed by atoms with E-state index in [9.17, 15) is 19.1 Å². The Balaban J connectivity index is 2.84. The van der Waals surface area contributed by atoms with Gasteiger partial charge in [0, 0.05) is 4.47 Å². The van der Waals surface area contributed by atoms with Crippen molar-refractivity contribution < 1.29 is 9.50 Å². The number of H-pyrrole nitrogens is 1. The molecule has 7 heteroatoms. The van der Waals surface area contributed by atoms with Crippen LogP contribution in [0.25, 0.3) is 5.69 Å². The first-order valence-electron chi connectivity index (χ1n) is 4.92. The smallest absolute Gasteiger partial charge is 0.335 e. The summed E-state index contributed by atoms with van der Waals surface area (Å²) in [5.74, 6) is -2.40. The van der Waals surface area contributed by atoms with Gasteiger partial charge in [-0.1, -0.05) is 15.9 Å². The zero-order valence-corrected chi connectivity index (χ0v) is 10.8. The highest BCUT2D eigenvalue weighted by Gasteiger charge is 2.16. The molecule has 0 aliphatic carbocycles. The lowest BCUT2D eigenvalue weighted by Gasteiger charge is -2.11. The van der Waals surface area contributed by atoms with E-state index in [1.165, 1.54) is 6.07 Å². The molecule has 1 aromatic heterocycles. The van der Waals surface area contributed by atoms with Gasteiger partial charge in [-0.25, -0.2) is 9.36 Å². The fourth-order valence-electron chi connectivity index (χ4n) is 1.60. The van der Waals surface area contributed by atoms with E-state index in [2.05, 4.69) is 15.9 Å². The Morgan fingerprint density at radius 2 is 2.06 bits per heavy atom. The van der Waals surface area contributed by atoms with Gasteiger partial charge in [-0.15, -0.1) is 0 Å². The molecule has 2 aromatic rings. The van der Waals surface area contributed by atoms with Crippen LogP contribution in [0.15, 0.2) is 32.3 Å². The second-order valence-electron chi connectivity index (χ2n) is 3.66. The molecule has 2 rings (SSSR count). The van der Waals surface area contributed by atoms with E-state index in [4.69, 9.17) is 0 Å². The highest BCUT2D eigenvalue weighted by molar-refractivity contribution is 9.10.